The molecule has 3 aromatic rings. The van der Waals surface area contributed by atoms with Crippen LogP contribution in [-0.4, -0.2) is 31.8 Å². The van der Waals surface area contributed by atoms with E-state index in [-0.39, 0.29) is 6.04 Å². The van der Waals surface area contributed by atoms with Crippen LogP contribution in [0.3, 0.4) is 0 Å². The highest BCUT2D eigenvalue weighted by atomic mass is 15.3. The molecule has 0 radical (unpaired) electrons. The van der Waals surface area contributed by atoms with E-state index in [1.165, 1.54) is 5.39 Å². The molecule has 1 aliphatic rings. The number of aromatic nitrogens is 4. The quantitative estimate of drug-likeness (QED) is 0.753. The lowest BCUT2D eigenvalue weighted by molar-refractivity contribution is 0.685. The number of anilines is 1. The van der Waals surface area contributed by atoms with Crippen molar-refractivity contribution in [3.05, 3.63) is 36.2 Å². The van der Waals surface area contributed by atoms with Gasteiger partial charge in [0.2, 0.25) is 5.95 Å². The normalized spacial score (nSPS) is 20.2. The second kappa shape index (κ2) is 6.68. The lowest BCUT2D eigenvalue weighted by atomic mass is 10.0. The van der Waals surface area contributed by atoms with Crippen LogP contribution in [0.25, 0.3) is 22.2 Å². The highest BCUT2D eigenvalue weighted by Crippen LogP contribution is 2.29. The minimum atomic E-state index is 0.290. The van der Waals surface area contributed by atoms with Crippen molar-refractivity contribution < 1.29 is 0 Å². The van der Waals surface area contributed by atoms with E-state index in [1.54, 1.807) is 0 Å². The first-order valence-corrected chi connectivity index (χ1v) is 9.33. The lowest BCUT2D eigenvalue weighted by Crippen LogP contribution is -2.21. The Hall–Kier alpha value is -2.47. The van der Waals surface area contributed by atoms with Gasteiger partial charge in [0.1, 0.15) is 0 Å². The fourth-order valence-electron chi connectivity index (χ4n) is 3.80. The Labute approximate surface area is 153 Å². The lowest BCUT2D eigenvalue weighted by Gasteiger charge is -2.13. The highest BCUT2D eigenvalue weighted by Gasteiger charge is 2.22. The molecule has 0 amide bonds. The van der Waals surface area contributed by atoms with Gasteiger partial charge in [0.15, 0.2) is 0 Å². The molecule has 6 nitrogen and oxygen atoms in total. The largest absolute Gasteiger partial charge is 0.351 e. The third kappa shape index (κ3) is 3.17. The molecule has 1 aromatic carbocycles. The van der Waals surface area contributed by atoms with Crippen molar-refractivity contribution in [3.8, 4) is 11.3 Å². The van der Waals surface area contributed by atoms with Crippen LogP contribution in [0.4, 0.5) is 5.95 Å². The molecule has 136 valence electrons. The van der Waals surface area contributed by atoms with E-state index >= 15 is 0 Å². The summed E-state index contributed by atoms with van der Waals surface area (Å²) in [7, 11) is 1.99. The summed E-state index contributed by atoms with van der Waals surface area (Å²) in [5.74, 6) is 1.06. The zero-order valence-electron chi connectivity index (χ0n) is 15.6. The number of benzene rings is 1. The van der Waals surface area contributed by atoms with Crippen LogP contribution in [0.15, 0.2) is 30.5 Å². The van der Waals surface area contributed by atoms with Crippen LogP contribution >= 0.6 is 0 Å². The molecule has 0 spiro atoms. The van der Waals surface area contributed by atoms with Gasteiger partial charge >= 0.3 is 0 Å². The van der Waals surface area contributed by atoms with Crippen molar-refractivity contribution in [2.45, 2.75) is 51.1 Å². The molecular weight excluding hydrogens is 324 g/mol. The van der Waals surface area contributed by atoms with Crippen LogP contribution in [0.5, 0.6) is 0 Å². The molecule has 2 aromatic heterocycles. The van der Waals surface area contributed by atoms with Gasteiger partial charge in [-0.15, -0.1) is 0 Å². The third-order valence-electron chi connectivity index (χ3n) is 5.18. The number of nitrogens with zero attached hydrogens (tertiary/aromatic N) is 4. The van der Waals surface area contributed by atoms with Gasteiger partial charge in [-0.25, -0.2) is 9.97 Å². The van der Waals surface area contributed by atoms with Crippen LogP contribution in [0.1, 0.15) is 44.7 Å². The van der Waals surface area contributed by atoms with Crippen LogP contribution < -0.4 is 11.1 Å². The summed E-state index contributed by atoms with van der Waals surface area (Å²) in [5, 5.41) is 9.30. The Morgan fingerprint density at radius 3 is 2.81 bits per heavy atom. The summed E-state index contributed by atoms with van der Waals surface area (Å²) >= 11 is 0. The second-order valence-corrected chi connectivity index (χ2v) is 7.58. The number of hydrogen-bond acceptors (Lipinski definition) is 5. The number of fused-ring (bicyclic) bond motifs is 1. The minimum absolute atomic E-state index is 0.290. The molecule has 0 unspecified atom stereocenters. The fourth-order valence-corrected chi connectivity index (χ4v) is 3.80. The van der Waals surface area contributed by atoms with Crippen LogP contribution in [-0.2, 0) is 7.05 Å². The summed E-state index contributed by atoms with van der Waals surface area (Å²) in [6.45, 7) is 4.35. The number of hydrogen-bond donors (Lipinski definition) is 2. The van der Waals surface area contributed by atoms with Crippen molar-refractivity contribution in [2.75, 3.05) is 5.32 Å². The molecule has 2 atom stereocenters. The van der Waals surface area contributed by atoms with Gasteiger partial charge in [0.25, 0.3) is 0 Å². The molecule has 2 heterocycles. The average molecular weight is 350 g/mol. The Kier molecular flexibility index (Phi) is 4.36. The number of nitrogens with two attached hydrogens (primary N) is 1. The zero-order chi connectivity index (χ0) is 18.3. The van der Waals surface area contributed by atoms with E-state index in [0.29, 0.717) is 17.9 Å². The summed E-state index contributed by atoms with van der Waals surface area (Å²) in [4.78, 5) is 9.12. The van der Waals surface area contributed by atoms with Crippen molar-refractivity contribution >= 4 is 16.9 Å². The molecule has 6 heteroatoms. The molecular formula is C20H26N6. The van der Waals surface area contributed by atoms with E-state index < -0.39 is 0 Å². The summed E-state index contributed by atoms with van der Waals surface area (Å²) in [5.41, 5.74) is 10.3. The standard InChI is InChI=1S/C20H26N6/c1-12(2)19-16-10-13(4-7-18(16)26(3)25-19)17-8-9-22-20(24-17)23-15-6-5-14(21)11-15/h4,7-10,12,14-15H,5-6,11,21H2,1-3H3,(H,22,23,24)/t14-,15-/m0/s1. The van der Waals surface area contributed by atoms with Gasteiger partial charge in [-0.05, 0) is 43.4 Å². The van der Waals surface area contributed by atoms with E-state index in [0.717, 1.165) is 41.7 Å². The van der Waals surface area contributed by atoms with Crippen LogP contribution in [0, 0.1) is 0 Å². The molecule has 1 saturated carbocycles. The Bertz CT molecular complexity index is 929. The van der Waals surface area contributed by atoms with Gasteiger partial charge in [0.05, 0.1) is 16.9 Å². The third-order valence-corrected chi connectivity index (χ3v) is 5.18. The first-order chi connectivity index (χ1) is 12.5. The summed E-state index contributed by atoms with van der Waals surface area (Å²) in [6.07, 6.45) is 4.94. The molecule has 1 fully saturated rings. The van der Waals surface area contributed by atoms with Crippen molar-refractivity contribution in [3.63, 3.8) is 0 Å². The summed E-state index contributed by atoms with van der Waals surface area (Å²) in [6, 6.07) is 9.03. The molecule has 0 bridgehead atoms. The zero-order valence-corrected chi connectivity index (χ0v) is 15.6. The molecule has 4 rings (SSSR count). The SMILES string of the molecule is CC(C)c1nn(C)c2ccc(-c3ccnc(N[C@H]4CC[C@H](N)C4)n3)cc12. The van der Waals surface area contributed by atoms with E-state index in [1.807, 2.05) is 24.0 Å². The average Bonchev–Trinajstić information content (AvgIpc) is 3.18. The fraction of sp³-hybridized carbons (Fsp3) is 0.450. The maximum Gasteiger partial charge on any atom is 0.223 e. The van der Waals surface area contributed by atoms with Gasteiger partial charge < -0.3 is 11.1 Å². The maximum atomic E-state index is 6.00. The first-order valence-electron chi connectivity index (χ1n) is 9.33. The maximum absolute atomic E-state index is 6.00. The number of aryl methyl sites for hydroxylation is 1. The Morgan fingerprint density at radius 2 is 2.08 bits per heavy atom. The Balaban J connectivity index is 1.67. The second-order valence-electron chi connectivity index (χ2n) is 7.58. The predicted octanol–water partition coefficient (Wildman–Crippen LogP) is 3.45. The van der Waals surface area contributed by atoms with Crippen molar-refractivity contribution in [2.24, 2.45) is 12.8 Å². The Morgan fingerprint density at radius 1 is 1.23 bits per heavy atom. The van der Waals surface area contributed by atoms with Gasteiger partial charge in [0, 0.05) is 36.3 Å². The smallest absolute Gasteiger partial charge is 0.223 e. The molecule has 1 aliphatic carbocycles. The van der Waals surface area contributed by atoms with Gasteiger partial charge in [-0.2, -0.15) is 5.10 Å². The van der Waals surface area contributed by atoms with Gasteiger partial charge in [-0.3, -0.25) is 4.68 Å². The van der Waals surface area contributed by atoms with Gasteiger partial charge in [-0.1, -0.05) is 19.9 Å². The van der Waals surface area contributed by atoms with Crippen LogP contribution in [0.2, 0.25) is 0 Å². The van der Waals surface area contributed by atoms with E-state index in [2.05, 4.69) is 47.4 Å². The van der Waals surface area contributed by atoms with Crippen molar-refractivity contribution in [1.29, 1.82) is 0 Å². The summed E-state index contributed by atoms with van der Waals surface area (Å²) < 4.78 is 1.95. The van der Waals surface area contributed by atoms with E-state index in [4.69, 9.17) is 10.7 Å². The highest BCUT2D eigenvalue weighted by molar-refractivity contribution is 5.87. The molecule has 26 heavy (non-hydrogen) atoms. The monoisotopic (exact) mass is 350 g/mol. The number of rotatable bonds is 4. The minimum Gasteiger partial charge on any atom is -0.351 e. The topological polar surface area (TPSA) is 81.7 Å². The number of nitrogens with one attached hydrogen (secondary N) is 1. The van der Waals surface area contributed by atoms with Crippen molar-refractivity contribution in [1.82, 2.24) is 19.7 Å². The molecule has 0 saturated heterocycles. The van der Waals surface area contributed by atoms with E-state index in [9.17, 15) is 0 Å². The predicted molar refractivity (Wildman–Crippen MR) is 105 cm³/mol. The molecule has 0 aliphatic heterocycles. The molecule has 3 N–H and O–H groups in total. The first kappa shape index (κ1) is 17.0.